The molecule has 1 aromatic rings. The van der Waals surface area contributed by atoms with Crippen LogP contribution in [-0.4, -0.2) is 24.5 Å². The van der Waals surface area contributed by atoms with Gasteiger partial charge in [-0.15, -0.1) is 12.4 Å². The Morgan fingerprint density at radius 1 is 1.27 bits per heavy atom. The molecule has 0 saturated carbocycles. The largest absolute Gasteiger partial charge is 0.304 e. The zero-order valence-electron chi connectivity index (χ0n) is 9.53. The first-order valence-electron chi connectivity index (χ1n) is 5.08. The van der Waals surface area contributed by atoms with Crippen LogP contribution in [-0.2, 0) is 6.42 Å². The van der Waals surface area contributed by atoms with Crippen molar-refractivity contribution >= 4 is 12.4 Å². The van der Waals surface area contributed by atoms with Gasteiger partial charge in [-0.05, 0) is 44.6 Å². The van der Waals surface area contributed by atoms with Crippen molar-refractivity contribution in [2.24, 2.45) is 0 Å². The molecule has 0 aliphatic heterocycles. The van der Waals surface area contributed by atoms with Crippen molar-refractivity contribution in [3.05, 3.63) is 35.6 Å². The summed E-state index contributed by atoms with van der Waals surface area (Å²) < 4.78 is 12.6. The monoisotopic (exact) mass is 231 g/mol. The zero-order chi connectivity index (χ0) is 10.6. The summed E-state index contributed by atoms with van der Waals surface area (Å²) in [6.07, 6.45) is 0.977. The summed E-state index contributed by atoms with van der Waals surface area (Å²) in [6, 6.07) is 7.26. The van der Waals surface area contributed by atoms with E-state index >= 15 is 0 Å². The highest BCUT2D eigenvalue weighted by atomic mass is 35.5. The van der Waals surface area contributed by atoms with Crippen molar-refractivity contribution in [2.75, 3.05) is 13.6 Å². The molecule has 1 nitrogen and oxygen atoms in total. The number of benzene rings is 1. The van der Waals surface area contributed by atoms with Gasteiger partial charge in [0, 0.05) is 6.04 Å². The summed E-state index contributed by atoms with van der Waals surface area (Å²) >= 11 is 0. The average Bonchev–Trinajstić information content (AvgIpc) is 2.20. The maximum absolute atomic E-state index is 12.6. The van der Waals surface area contributed by atoms with Crippen molar-refractivity contribution in [3.8, 4) is 0 Å². The van der Waals surface area contributed by atoms with Gasteiger partial charge in [0.15, 0.2) is 0 Å². The Balaban J connectivity index is 0.00000196. The molecule has 15 heavy (non-hydrogen) atoms. The lowest BCUT2D eigenvalue weighted by Gasteiger charge is -2.22. The van der Waals surface area contributed by atoms with E-state index in [1.54, 1.807) is 0 Å². The minimum Gasteiger partial charge on any atom is -0.304 e. The first-order valence-corrected chi connectivity index (χ1v) is 5.08. The molecule has 1 unspecified atom stereocenters. The van der Waals surface area contributed by atoms with E-state index in [1.807, 2.05) is 12.1 Å². The third kappa shape index (κ3) is 4.63. The van der Waals surface area contributed by atoms with Gasteiger partial charge in [0.05, 0.1) is 0 Å². The van der Waals surface area contributed by atoms with Crippen LogP contribution in [0.5, 0.6) is 0 Å². The summed E-state index contributed by atoms with van der Waals surface area (Å²) in [5, 5.41) is 0. The summed E-state index contributed by atoms with van der Waals surface area (Å²) in [5.74, 6) is -0.162. The molecule has 0 saturated heterocycles. The van der Waals surface area contributed by atoms with Gasteiger partial charge in [-0.25, -0.2) is 4.39 Å². The summed E-state index contributed by atoms with van der Waals surface area (Å²) in [6.45, 7) is 5.37. The van der Waals surface area contributed by atoms with Crippen LogP contribution in [0, 0.1) is 5.82 Å². The number of rotatable bonds is 4. The summed E-state index contributed by atoms with van der Waals surface area (Å²) in [4.78, 5) is 2.28. The molecule has 0 bridgehead atoms. The molecule has 0 spiro atoms. The van der Waals surface area contributed by atoms with Crippen LogP contribution < -0.4 is 0 Å². The molecule has 0 aromatic heterocycles. The molecule has 1 aromatic carbocycles. The Morgan fingerprint density at radius 2 is 1.80 bits per heavy atom. The van der Waals surface area contributed by atoms with Gasteiger partial charge >= 0.3 is 0 Å². The van der Waals surface area contributed by atoms with E-state index in [0.717, 1.165) is 13.0 Å². The van der Waals surface area contributed by atoms with Gasteiger partial charge in [-0.2, -0.15) is 0 Å². The Hall–Kier alpha value is -0.600. The highest BCUT2D eigenvalue weighted by molar-refractivity contribution is 5.85. The highest BCUT2D eigenvalue weighted by Gasteiger charge is 2.07. The molecule has 0 heterocycles. The molecule has 86 valence electrons. The third-order valence-electron chi connectivity index (χ3n) is 2.70. The van der Waals surface area contributed by atoms with Crippen LogP contribution in [0.2, 0.25) is 0 Å². The molecular weight excluding hydrogens is 213 g/mol. The van der Waals surface area contributed by atoms with E-state index in [0.29, 0.717) is 6.04 Å². The molecule has 1 atom stereocenters. The van der Waals surface area contributed by atoms with Gasteiger partial charge in [0.2, 0.25) is 0 Å². The number of nitrogens with zero attached hydrogens (tertiary/aromatic N) is 1. The zero-order valence-corrected chi connectivity index (χ0v) is 10.4. The average molecular weight is 232 g/mol. The second-order valence-corrected chi connectivity index (χ2v) is 3.75. The molecular formula is C12H19ClFN. The fourth-order valence-corrected chi connectivity index (χ4v) is 1.43. The number of hydrogen-bond donors (Lipinski definition) is 0. The van der Waals surface area contributed by atoms with Gasteiger partial charge in [-0.1, -0.05) is 19.1 Å². The lowest BCUT2D eigenvalue weighted by atomic mass is 10.1. The van der Waals surface area contributed by atoms with Gasteiger partial charge in [0.25, 0.3) is 0 Å². The van der Waals surface area contributed by atoms with E-state index < -0.39 is 0 Å². The van der Waals surface area contributed by atoms with Crippen LogP contribution in [0.3, 0.4) is 0 Å². The van der Waals surface area contributed by atoms with Crippen molar-refractivity contribution < 1.29 is 4.39 Å². The molecule has 1 rings (SSSR count). The van der Waals surface area contributed by atoms with Crippen LogP contribution in [0.25, 0.3) is 0 Å². The van der Waals surface area contributed by atoms with Crippen LogP contribution in [0.15, 0.2) is 24.3 Å². The van der Waals surface area contributed by atoms with E-state index in [2.05, 4.69) is 25.8 Å². The Kier molecular flexibility index (Phi) is 6.53. The maximum Gasteiger partial charge on any atom is 0.123 e. The number of halogens is 2. The number of likely N-dealkylation sites (N-methyl/N-ethyl adjacent to an activating group) is 1. The number of hydrogen-bond acceptors (Lipinski definition) is 1. The fourth-order valence-electron chi connectivity index (χ4n) is 1.43. The van der Waals surface area contributed by atoms with Crippen molar-refractivity contribution in [2.45, 2.75) is 26.3 Å². The van der Waals surface area contributed by atoms with E-state index in [-0.39, 0.29) is 18.2 Å². The second kappa shape index (κ2) is 6.81. The van der Waals surface area contributed by atoms with E-state index in [4.69, 9.17) is 0 Å². The van der Waals surface area contributed by atoms with Crippen molar-refractivity contribution in [3.63, 3.8) is 0 Å². The second-order valence-electron chi connectivity index (χ2n) is 3.75. The topological polar surface area (TPSA) is 3.24 Å². The summed E-state index contributed by atoms with van der Waals surface area (Å²) in [7, 11) is 2.11. The van der Waals surface area contributed by atoms with Crippen molar-refractivity contribution in [1.82, 2.24) is 4.90 Å². The smallest absolute Gasteiger partial charge is 0.123 e. The minimum atomic E-state index is -0.162. The standard InChI is InChI=1S/C12H18FN.ClH/c1-4-14(3)10(2)9-11-5-7-12(13)8-6-11;/h5-8,10H,4,9H2,1-3H3;1H. The molecule has 0 radical (unpaired) electrons. The van der Waals surface area contributed by atoms with Crippen LogP contribution >= 0.6 is 12.4 Å². The maximum atomic E-state index is 12.6. The minimum absolute atomic E-state index is 0. The molecule has 0 amide bonds. The first kappa shape index (κ1) is 14.4. The quantitative estimate of drug-likeness (QED) is 0.770. The predicted octanol–water partition coefficient (Wildman–Crippen LogP) is 3.13. The Bertz CT molecular complexity index is 273. The van der Waals surface area contributed by atoms with E-state index in [1.165, 1.54) is 17.7 Å². The molecule has 0 aliphatic rings. The lowest BCUT2D eigenvalue weighted by molar-refractivity contribution is 0.270. The molecule has 3 heteroatoms. The Morgan fingerprint density at radius 3 is 2.27 bits per heavy atom. The van der Waals surface area contributed by atoms with Crippen LogP contribution in [0.1, 0.15) is 19.4 Å². The van der Waals surface area contributed by atoms with Gasteiger partial charge < -0.3 is 4.90 Å². The fraction of sp³-hybridized carbons (Fsp3) is 0.500. The first-order chi connectivity index (χ1) is 6.63. The highest BCUT2D eigenvalue weighted by Crippen LogP contribution is 2.08. The normalized spacial score (nSPS) is 12.3. The van der Waals surface area contributed by atoms with Gasteiger partial charge in [0.1, 0.15) is 5.82 Å². The van der Waals surface area contributed by atoms with Gasteiger partial charge in [-0.3, -0.25) is 0 Å². The molecule has 0 aliphatic carbocycles. The van der Waals surface area contributed by atoms with Crippen molar-refractivity contribution in [1.29, 1.82) is 0 Å². The third-order valence-corrected chi connectivity index (χ3v) is 2.70. The SMILES string of the molecule is CCN(C)C(C)Cc1ccc(F)cc1.Cl. The predicted molar refractivity (Wildman–Crippen MR) is 65.1 cm³/mol. The summed E-state index contributed by atoms with van der Waals surface area (Å²) in [5.41, 5.74) is 1.19. The van der Waals surface area contributed by atoms with E-state index in [9.17, 15) is 4.39 Å². The molecule has 0 N–H and O–H groups in total. The Labute approximate surface area is 97.7 Å². The molecule has 0 fully saturated rings. The lowest BCUT2D eigenvalue weighted by Crippen LogP contribution is -2.30. The van der Waals surface area contributed by atoms with Crippen LogP contribution in [0.4, 0.5) is 4.39 Å².